The smallest absolute Gasteiger partial charge is 0.115 e. The number of aromatic nitrogens is 4. The van der Waals surface area contributed by atoms with Crippen molar-refractivity contribution in [1.29, 1.82) is 0 Å². The van der Waals surface area contributed by atoms with Crippen LogP contribution in [-0.4, -0.2) is 25.3 Å². The minimum atomic E-state index is 0.0370. The molecule has 0 spiro atoms. The summed E-state index contributed by atoms with van der Waals surface area (Å²) in [5.74, 6) is 0. The molecule has 5 nitrogen and oxygen atoms in total. The molecule has 0 aliphatic rings. The van der Waals surface area contributed by atoms with E-state index in [4.69, 9.17) is 0 Å². The Morgan fingerprint density at radius 1 is 1.33 bits per heavy atom. The summed E-state index contributed by atoms with van der Waals surface area (Å²) in [4.78, 5) is 8.00. The molecule has 0 saturated heterocycles. The zero-order valence-electron chi connectivity index (χ0n) is 8.29. The van der Waals surface area contributed by atoms with Gasteiger partial charge in [-0.05, 0) is 6.54 Å². The fourth-order valence-corrected chi connectivity index (χ4v) is 1.81. The van der Waals surface area contributed by atoms with E-state index in [0.717, 1.165) is 17.8 Å². The van der Waals surface area contributed by atoms with Gasteiger partial charge in [-0.3, -0.25) is 0 Å². The maximum absolute atomic E-state index is 4.22. The summed E-state index contributed by atoms with van der Waals surface area (Å²) >= 11 is 1.21. The highest BCUT2D eigenvalue weighted by Crippen LogP contribution is 2.18. The molecule has 2 rings (SSSR count). The van der Waals surface area contributed by atoms with Gasteiger partial charge in [0, 0.05) is 18.0 Å². The van der Waals surface area contributed by atoms with Gasteiger partial charge in [0.1, 0.15) is 6.33 Å². The molecule has 6 heteroatoms. The lowest BCUT2D eigenvalue weighted by atomic mass is 10.1. The van der Waals surface area contributed by atoms with Crippen molar-refractivity contribution in [2.24, 2.45) is 0 Å². The summed E-state index contributed by atoms with van der Waals surface area (Å²) in [7, 11) is 0. The van der Waals surface area contributed by atoms with Crippen LogP contribution in [0.4, 0.5) is 0 Å². The van der Waals surface area contributed by atoms with Gasteiger partial charge < -0.3 is 5.32 Å². The molecule has 0 saturated carbocycles. The van der Waals surface area contributed by atoms with E-state index < -0.39 is 0 Å². The van der Waals surface area contributed by atoms with Crippen LogP contribution in [0.2, 0.25) is 0 Å². The van der Waals surface area contributed by atoms with E-state index >= 15 is 0 Å². The summed E-state index contributed by atoms with van der Waals surface area (Å²) < 4.78 is 8.22. The molecule has 0 fully saturated rings. The van der Waals surface area contributed by atoms with Crippen LogP contribution < -0.4 is 5.32 Å². The number of nitrogens with one attached hydrogen (secondary N) is 1. The van der Waals surface area contributed by atoms with Gasteiger partial charge in [0.15, 0.2) is 0 Å². The fraction of sp³-hybridized carbons (Fsp3) is 0.333. The first-order chi connectivity index (χ1) is 7.42. The molecule has 2 heterocycles. The molecule has 1 N–H and O–H groups in total. The van der Waals surface area contributed by atoms with Crippen LogP contribution in [0.1, 0.15) is 24.2 Å². The normalized spacial score (nSPS) is 12.6. The molecule has 0 bridgehead atoms. The predicted octanol–water partition coefficient (Wildman–Crippen LogP) is 1.03. The minimum absolute atomic E-state index is 0.0370. The van der Waals surface area contributed by atoms with Gasteiger partial charge in [-0.15, -0.1) is 0 Å². The largest absolute Gasteiger partial charge is 0.305 e. The first kappa shape index (κ1) is 10.1. The van der Waals surface area contributed by atoms with Gasteiger partial charge >= 0.3 is 0 Å². The molecule has 0 radical (unpaired) electrons. The molecule has 2 aromatic heterocycles. The van der Waals surface area contributed by atoms with Crippen molar-refractivity contribution in [2.75, 3.05) is 6.54 Å². The van der Waals surface area contributed by atoms with Crippen LogP contribution in [0.25, 0.3) is 0 Å². The Balaban J connectivity index is 2.28. The van der Waals surface area contributed by atoms with Gasteiger partial charge in [0.25, 0.3) is 0 Å². The highest BCUT2D eigenvalue weighted by atomic mass is 32.1. The highest BCUT2D eigenvalue weighted by molar-refractivity contribution is 6.99. The Morgan fingerprint density at radius 2 is 2.13 bits per heavy atom. The average Bonchev–Trinajstić information content (AvgIpc) is 2.80. The maximum atomic E-state index is 4.22. The van der Waals surface area contributed by atoms with E-state index in [2.05, 4.69) is 31.0 Å². The first-order valence-corrected chi connectivity index (χ1v) is 5.40. The van der Waals surface area contributed by atoms with E-state index in [0.29, 0.717) is 0 Å². The third-order valence-electron chi connectivity index (χ3n) is 2.00. The molecule has 1 atom stereocenters. The lowest BCUT2D eigenvalue weighted by Gasteiger charge is -2.14. The summed E-state index contributed by atoms with van der Waals surface area (Å²) in [6, 6.07) is 0.0370. The monoisotopic (exact) mass is 221 g/mol. The fourth-order valence-electron chi connectivity index (χ4n) is 1.36. The van der Waals surface area contributed by atoms with Crippen molar-refractivity contribution in [2.45, 2.75) is 13.0 Å². The second kappa shape index (κ2) is 4.90. The molecule has 0 aromatic carbocycles. The molecule has 0 aliphatic carbocycles. The van der Waals surface area contributed by atoms with E-state index in [1.54, 1.807) is 18.6 Å². The maximum Gasteiger partial charge on any atom is 0.115 e. The number of rotatable bonds is 4. The quantitative estimate of drug-likeness (QED) is 0.835. The second-order valence-electron chi connectivity index (χ2n) is 2.99. The zero-order chi connectivity index (χ0) is 10.5. The average molecular weight is 221 g/mol. The van der Waals surface area contributed by atoms with Gasteiger partial charge in [0.2, 0.25) is 0 Å². The van der Waals surface area contributed by atoms with Crippen molar-refractivity contribution < 1.29 is 0 Å². The topological polar surface area (TPSA) is 63.6 Å². The lowest BCUT2D eigenvalue weighted by molar-refractivity contribution is 0.615. The van der Waals surface area contributed by atoms with Gasteiger partial charge in [0.05, 0.1) is 29.7 Å². The van der Waals surface area contributed by atoms with Crippen LogP contribution in [0.15, 0.2) is 24.9 Å². The van der Waals surface area contributed by atoms with Crippen LogP contribution in [0.3, 0.4) is 0 Å². The Bertz CT molecular complexity index is 388. The van der Waals surface area contributed by atoms with Crippen molar-refractivity contribution in [3.63, 3.8) is 0 Å². The van der Waals surface area contributed by atoms with Crippen molar-refractivity contribution in [3.8, 4) is 0 Å². The van der Waals surface area contributed by atoms with Gasteiger partial charge in [-0.25, -0.2) is 9.97 Å². The summed E-state index contributed by atoms with van der Waals surface area (Å²) in [6.45, 7) is 2.91. The van der Waals surface area contributed by atoms with Crippen LogP contribution in [0, 0.1) is 0 Å². The minimum Gasteiger partial charge on any atom is -0.305 e. The molecule has 0 amide bonds. The predicted molar refractivity (Wildman–Crippen MR) is 57.5 cm³/mol. The first-order valence-electron chi connectivity index (χ1n) is 4.67. The van der Waals surface area contributed by atoms with Crippen LogP contribution in [-0.2, 0) is 0 Å². The Hall–Kier alpha value is -1.40. The molecule has 78 valence electrons. The highest BCUT2D eigenvalue weighted by Gasteiger charge is 2.15. The zero-order valence-corrected chi connectivity index (χ0v) is 9.11. The van der Waals surface area contributed by atoms with Crippen molar-refractivity contribution in [1.82, 2.24) is 24.0 Å². The van der Waals surface area contributed by atoms with E-state index in [1.165, 1.54) is 18.1 Å². The number of nitrogens with zero attached hydrogens (tertiary/aromatic N) is 4. The second-order valence-corrected chi connectivity index (χ2v) is 3.55. The van der Waals surface area contributed by atoms with Gasteiger partial charge in [-0.2, -0.15) is 8.75 Å². The number of hydrogen-bond acceptors (Lipinski definition) is 6. The van der Waals surface area contributed by atoms with Crippen LogP contribution >= 0.6 is 11.7 Å². The van der Waals surface area contributed by atoms with Crippen molar-refractivity contribution in [3.05, 3.63) is 36.2 Å². The van der Waals surface area contributed by atoms with E-state index in [-0.39, 0.29) is 6.04 Å². The number of hydrogen-bond donors (Lipinski definition) is 1. The Kier molecular flexibility index (Phi) is 3.31. The van der Waals surface area contributed by atoms with Crippen molar-refractivity contribution >= 4 is 11.7 Å². The van der Waals surface area contributed by atoms with E-state index in [9.17, 15) is 0 Å². The van der Waals surface area contributed by atoms with Gasteiger partial charge in [-0.1, -0.05) is 6.92 Å². The standard InChI is InChI=1S/C9H11N5S/c1-2-12-9(8-5-13-15-14-8)7-3-10-6-11-4-7/h3-6,9,12H,2H2,1H3. The Labute approximate surface area is 91.9 Å². The molecule has 0 aliphatic heterocycles. The molecule has 2 aromatic rings. The molecular weight excluding hydrogens is 210 g/mol. The summed E-state index contributed by atoms with van der Waals surface area (Å²) in [6.07, 6.45) is 6.87. The lowest BCUT2D eigenvalue weighted by Crippen LogP contribution is -2.22. The molecule has 1 unspecified atom stereocenters. The summed E-state index contributed by atoms with van der Waals surface area (Å²) in [5, 5.41) is 3.33. The van der Waals surface area contributed by atoms with Crippen LogP contribution in [0.5, 0.6) is 0 Å². The SMILES string of the molecule is CCNC(c1cncnc1)c1cnsn1. The third kappa shape index (κ3) is 2.34. The molecule has 15 heavy (non-hydrogen) atoms. The van der Waals surface area contributed by atoms with E-state index in [1.807, 2.05) is 0 Å². The summed E-state index contributed by atoms with van der Waals surface area (Å²) in [5.41, 5.74) is 1.92. The third-order valence-corrected chi connectivity index (χ3v) is 2.49. The Morgan fingerprint density at radius 3 is 2.73 bits per heavy atom. The molecular formula is C9H11N5S.